The highest BCUT2D eigenvalue weighted by Crippen LogP contribution is 2.38. The number of nitrogens with zero attached hydrogens (tertiary/aromatic N) is 2. The van der Waals surface area contributed by atoms with Crippen LogP contribution in [-0.4, -0.2) is 40.4 Å². The molecule has 6 heteroatoms. The predicted molar refractivity (Wildman–Crippen MR) is 75.2 cm³/mol. The summed E-state index contributed by atoms with van der Waals surface area (Å²) >= 11 is 3.41. The Morgan fingerprint density at radius 2 is 2.11 bits per heavy atom. The summed E-state index contributed by atoms with van der Waals surface area (Å²) < 4.78 is 6.07. The molecule has 2 aliphatic rings. The SMILES string of the molecule is OC1(CNc2cc(Br)nc(C3CC3)n2)CCOCC1. The highest BCUT2D eigenvalue weighted by Gasteiger charge is 2.30. The van der Waals surface area contributed by atoms with Crippen LogP contribution < -0.4 is 5.32 Å². The Balaban J connectivity index is 1.65. The molecule has 5 nitrogen and oxygen atoms in total. The lowest BCUT2D eigenvalue weighted by Gasteiger charge is -2.32. The maximum absolute atomic E-state index is 10.4. The fourth-order valence-electron chi connectivity index (χ4n) is 2.23. The third-order valence-electron chi connectivity index (χ3n) is 3.68. The first kappa shape index (κ1) is 13.3. The number of hydrogen-bond donors (Lipinski definition) is 2. The molecular weight excluding hydrogens is 310 g/mol. The van der Waals surface area contributed by atoms with Crippen LogP contribution in [0, 0.1) is 0 Å². The number of hydrogen-bond acceptors (Lipinski definition) is 5. The van der Waals surface area contributed by atoms with Gasteiger partial charge in [0.1, 0.15) is 16.2 Å². The van der Waals surface area contributed by atoms with Gasteiger partial charge < -0.3 is 15.2 Å². The lowest BCUT2D eigenvalue weighted by molar-refractivity contribution is -0.0543. The molecule has 0 atom stereocenters. The van der Waals surface area contributed by atoms with Crippen LogP contribution in [0.4, 0.5) is 5.82 Å². The van der Waals surface area contributed by atoms with Crippen molar-refractivity contribution in [3.8, 4) is 0 Å². The number of ether oxygens (including phenoxy) is 1. The number of halogens is 1. The van der Waals surface area contributed by atoms with E-state index < -0.39 is 5.60 Å². The predicted octanol–water partition coefficient (Wildman–Crippen LogP) is 2.07. The van der Waals surface area contributed by atoms with Crippen molar-refractivity contribution >= 4 is 21.7 Å². The number of aromatic nitrogens is 2. The molecule has 19 heavy (non-hydrogen) atoms. The monoisotopic (exact) mass is 327 g/mol. The maximum Gasteiger partial charge on any atom is 0.135 e. The van der Waals surface area contributed by atoms with Crippen LogP contribution in [0.1, 0.15) is 37.4 Å². The third kappa shape index (κ3) is 3.43. The summed E-state index contributed by atoms with van der Waals surface area (Å²) in [6, 6.07) is 1.86. The summed E-state index contributed by atoms with van der Waals surface area (Å²) in [6.45, 7) is 1.75. The molecule has 2 fully saturated rings. The van der Waals surface area contributed by atoms with Gasteiger partial charge in [0.25, 0.3) is 0 Å². The van der Waals surface area contributed by atoms with Crippen molar-refractivity contribution in [2.75, 3.05) is 25.1 Å². The highest BCUT2D eigenvalue weighted by atomic mass is 79.9. The molecule has 1 aromatic heterocycles. The summed E-state index contributed by atoms with van der Waals surface area (Å²) in [5.74, 6) is 2.20. The Kier molecular flexibility index (Phi) is 3.73. The van der Waals surface area contributed by atoms with E-state index in [1.54, 1.807) is 0 Å². The van der Waals surface area contributed by atoms with Crippen molar-refractivity contribution < 1.29 is 9.84 Å². The number of anilines is 1. The van der Waals surface area contributed by atoms with E-state index in [-0.39, 0.29) is 0 Å². The molecule has 1 saturated carbocycles. The minimum Gasteiger partial charge on any atom is -0.388 e. The van der Waals surface area contributed by atoms with E-state index in [0.717, 1.165) is 16.2 Å². The zero-order valence-corrected chi connectivity index (χ0v) is 12.3. The van der Waals surface area contributed by atoms with E-state index in [1.807, 2.05) is 6.07 Å². The smallest absolute Gasteiger partial charge is 0.135 e. The molecule has 0 spiro atoms. The van der Waals surface area contributed by atoms with E-state index >= 15 is 0 Å². The lowest BCUT2D eigenvalue weighted by atomic mass is 9.94. The molecule has 0 unspecified atom stereocenters. The van der Waals surface area contributed by atoms with Gasteiger partial charge in [-0.05, 0) is 28.8 Å². The summed E-state index contributed by atoms with van der Waals surface area (Å²) in [5, 5.41) is 13.6. The second-order valence-electron chi connectivity index (χ2n) is 5.40. The van der Waals surface area contributed by atoms with Crippen molar-refractivity contribution in [3.05, 3.63) is 16.5 Å². The molecule has 1 aliphatic heterocycles. The number of rotatable bonds is 4. The molecule has 1 saturated heterocycles. The van der Waals surface area contributed by atoms with Gasteiger partial charge in [-0.15, -0.1) is 0 Å². The zero-order chi connectivity index (χ0) is 13.3. The summed E-state index contributed by atoms with van der Waals surface area (Å²) in [7, 11) is 0. The van der Waals surface area contributed by atoms with Gasteiger partial charge in [0.05, 0.1) is 5.60 Å². The molecule has 0 radical (unpaired) electrons. The van der Waals surface area contributed by atoms with Gasteiger partial charge in [0.2, 0.25) is 0 Å². The summed E-state index contributed by atoms with van der Waals surface area (Å²) in [5.41, 5.74) is -0.685. The first-order valence-electron chi connectivity index (χ1n) is 6.73. The van der Waals surface area contributed by atoms with Crippen LogP contribution in [0.5, 0.6) is 0 Å². The molecule has 0 amide bonds. The molecule has 104 valence electrons. The molecule has 1 aliphatic carbocycles. The topological polar surface area (TPSA) is 67.3 Å². The van der Waals surface area contributed by atoms with Crippen LogP contribution in [-0.2, 0) is 4.74 Å². The Labute approximate surface area is 120 Å². The van der Waals surface area contributed by atoms with Crippen molar-refractivity contribution in [1.82, 2.24) is 9.97 Å². The van der Waals surface area contributed by atoms with E-state index in [2.05, 4.69) is 31.2 Å². The van der Waals surface area contributed by atoms with Gasteiger partial charge in [0.15, 0.2) is 0 Å². The maximum atomic E-state index is 10.4. The van der Waals surface area contributed by atoms with Crippen LogP contribution in [0.25, 0.3) is 0 Å². The minimum atomic E-state index is -0.685. The average molecular weight is 328 g/mol. The van der Waals surface area contributed by atoms with Crippen LogP contribution in [0.3, 0.4) is 0 Å². The van der Waals surface area contributed by atoms with Gasteiger partial charge >= 0.3 is 0 Å². The van der Waals surface area contributed by atoms with Crippen molar-refractivity contribution in [1.29, 1.82) is 0 Å². The van der Waals surface area contributed by atoms with Crippen LogP contribution >= 0.6 is 15.9 Å². The quantitative estimate of drug-likeness (QED) is 0.829. The molecule has 0 bridgehead atoms. The minimum absolute atomic E-state index is 0.504. The van der Waals surface area contributed by atoms with Crippen molar-refractivity contribution in [2.24, 2.45) is 0 Å². The fraction of sp³-hybridized carbons (Fsp3) is 0.692. The fourth-order valence-corrected chi connectivity index (χ4v) is 2.63. The van der Waals surface area contributed by atoms with Crippen molar-refractivity contribution in [2.45, 2.75) is 37.2 Å². The molecule has 2 heterocycles. The Morgan fingerprint density at radius 3 is 2.79 bits per heavy atom. The molecule has 0 aromatic carbocycles. The first-order chi connectivity index (χ1) is 9.15. The van der Waals surface area contributed by atoms with Gasteiger partial charge in [-0.2, -0.15) is 0 Å². The summed E-state index contributed by atoms with van der Waals surface area (Å²) in [4.78, 5) is 8.91. The Hall–Kier alpha value is -0.720. The third-order valence-corrected chi connectivity index (χ3v) is 4.08. The largest absolute Gasteiger partial charge is 0.388 e. The van der Waals surface area contributed by atoms with Gasteiger partial charge in [-0.1, -0.05) is 0 Å². The second kappa shape index (κ2) is 5.34. The lowest BCUT2D eigenvalue weighted by Crippen LogP contribution is -2.42. The van der Waals surface area contributed by atoms with Gasteiger partial charge in [0, 0.05) is 44.6 Å². The molecule has 3 rings (SSSR count). The molecule has 1 aromatic rings. The average Bonchev–Trinajstić information content (AvgIpc) is 3.21. The van der Waals surface area contributed by atoms with Crippen molar-refractivity contribution in [3.63, 3.8) is 0 Å². The van der Waals surface area contributed by atoms with Gasteiger partial charge in [-0.25, -0.2) is 9.97 Å². The number of aliphatic hydroxyl groups is 1. The number of nitrogens with one attached hydrogen (secondary N) is 1. The van der Waals surface area contributed by atoms with Gasteiger partial charge in [-0.3, -0.25) is 0 Å². The normalized spacial score (nSPS) is 22.2. The standard InChI is InChI=1S/C13H18BrN3O2/c14-10-7-11(17-12(16-10)9-1-2-9)15-8-13(18)3-5-19-6-4-13/h7,9,18H,1-6,8H2,(H,15,16,17). The zero-order valence-electron chi connectivity index (χ0n) is 10.7. The van der Waals surface area contributed by atoms with Crippen LogP contribution in [0.2, 0.25) is 0 Å². The summed E-state index contributed by atoms with van der Waals surface area (Å²) in [6.07, 6.45) is 3.69. The molecule has 2 N–H and O–H groups in total. The van der Waals surface area contributed by atoms with Crippen LogP contribution in [0.15, 0.2) is 10.7 Å². The Bertz CT molecular complexity index is 459. The Morgan fingerprint density at radius 1 is 1.37 bits per heavy atom. The van der Waals surface area contributed by atoms with E-state index in [0.29, 0.717) is 38.5 Å². The van der Waals surface area contributed by atoms with E-state index in [1.165, 1.54) is 12.8 Å². The van der Waals surface area contributed by atoms with E-state index in [9.17, 15) is 5.11 Å². The first-order valence-corrected chi connectivity index (χ1v) is 7.52. The second-order valence-corrected chi connectivity index (χ2v) is 6.21. The van der Waals surface area contributed by atoms with E-state index in [4.69, 9.17) is 4.74 Å². The highest BCUT2D eigenvalue weighted by molar-refractivity contribution is 9.10. The molecular formula is C13H18BrN3O2.